The van der Waals surface area contributed by atoms with Crippen LogP contribution in [0.3, 0.4) is 0 Å². The van der Waals surface area contributed by atoms with Gasteiger partial charge in [0.05, 0.1) is 19.0 Å². The maximum atomic E-state index is 11.9. The van der Waals surface area contributed by atoms with Crippen LogP contribution in [0.15, 0.2) is 84.4 Å². The van der Waals surface area contributed by atoms with Gasteiger partial charge in [-0.15, -0.1) is 0 Å². The SMILES string of the molecule is C=C/C=C\C(=C/CNC(=O)C/C=C\C=C/C)NC(=S)NCC(/C=C\C(C)OC)=C(/C)OC. The monoisotopic (exact) mass is 459 g/mol. The van der Waals surface area contributed by atoms with Crippen LogP contribution in [0.2, 0.25) is 0 Å². The molecule has 0 rings (SSSR count). The minimum Gasteiger partial charge on any atom is -0.501 e. The van der Waals surface area contributed by atoms with Crippen molar-refractivity contribution in [1.29, 1.82) is 0 Å². The smallest absolute Gasteiger partial charge is 0.224 e. The number of nitrogens with one attached hydrogen (secondary N) is 3. The molecule has 0 aromatic carbocycles. The highest BCUT2D eigenvalue weighted by atomic mass is 32.1. The maximum Gasteiger partial charge on any atom is 0.224 e. The first-order valence-corrected chi connectivity index (χ1v) is 10.8. The summed E-state index contributed by atoms with van der Waals surface area (Å²) in [5.74, 6) is 0.727. The highest BCUT2D eigenvalue weighted by Gasteiger charge is 2.04. The van der Waals surface area contributed by atoms with Gasteiger partial charge in [0.25, 0.3) is 0 Å². The molecule has 0 bridgehead atoms. The molecule has 1 unspecified atom stereocenters. The minimum atomic E-state index is -0.0587. The average molecular weight is 460 g/mol. The van der Waals surface area contributed by atoms with E-state index >= 15 is 0 Å². The Bertz CT molecular complexity index is 777. The highest BCUT2D eigenvalue weighted by Crippen LogP contribution is 2.07. The Morgan fingerprint density at radius 1 is 1.16 bits per heavy atom. The zero-order valence-corrected chi connectivity index (χ0v) is 20.6. The molecule has 6 nitrogen and oxygen atoms in total. The summed E-state index contributed by atoms with van der Waals surface area (Å²) in [4.78, 5) is 11.9. The van der Waals surface area contributed by atoms with Crippen molar-refractivity contribution in [1.82, 2.24) is 16.0 Å². The second-order valence-corrected chi connectivity index (χ2v) is 7.02. The van der Waals surface area contributed by atoms with Crippen LogP contribution < -0.4 is 16.0 Å². The predicted molar refractivity (Wildman–Crippen MR) is 138 cm³/mol. The minimum absolute atomic E-state index is 0.00730. The van der Waals surface area contributed by atoms with Gasteiger partial charge >= 0.3 is 0 Å². The lowest BCUT2D eigenvalue weighted by Gasteiger charge is -2.14. The van der Waals surface area contributed by atoms with Crippen LogP contribution in [0.1, 0.15) is 27.2 Å². The molecule has 0 saturated heterocycles. The molecule has 176 valence electrons. The Balaban J connectivity index is 4.93. The second-order valence-electron chi connectivity index (χ2n) is 6.61. The molecule has 0 aliphatic rings. The predicted octanol–water partition coefficient (Wildman–Crippen LogP) is 4.23. The number of carbonyl (C=O) groups is 1. The van der Waals surface area contributed by atoms with Crippen LogP contribution in [-0.4, -0.2) is 44.4 Å². The van der Waals surface area contributed by atoms with E-state index in [1.54, 1.807) is 26.4 Å². The van der Waals surface area contributed by atoms with Gasteiger partial charge in [-0.05, 0) is 45.1 Å². The number of thiocarbonyl (C=S) groups is 1. The fraction of sp³-hybridized carbons (Fsp3) is 0.360. The first-order valence-electron chi connectivity index (χ1n) is 10.4. The summed E-state index contributed by atoms with van der Waals surface area (Å²) in [6.45, 7) is 10.3. The van der Waals surface area contributed by atoms with Crippen LogP contribution in [0, 0.1) is 0 Å². The van der Waals surface area contributed by atoms with Gasteiger partial charge in [0, 0.05) is 37.9 Å². The van der Waals surface area contributed by atoms with Gasteiger partial charge in [0.15, 0.2) is 5.11 Å². The molecule has 0 saturated carbocycles. The van der Waals surface area contributed by atoms with Gasteiger partial charge in [-0.25, -0.2) is 0 Å². The summed E-state index contributed by atoms with van der Waals surface area (Å²) in [5, 5.41) is 9.60. The van der Waals surface area contributed by atoms with Gasteiger partial charge in [-0.2, -0.15) is 0 Å². The molecule has 1 atom stereocenters. The number of amides is 1. The molecule has 0 aromatic rings. The van der Waals surface area contributed by atoms with Gasteiger partial charge in [0.1, 0.15) is 0 Å². The molecule has 0 aliphatic carbocycles. The number of allylic oxidation sites excluding steroid dienone is 7. The number of hydrogen-bond acceptors (Lipinski definition) is 4. The van der Waals surface area contributed by atoms with Crippen molar-refractivity contribution < 1.29 is 14.3 Å². The van der Waals surface area contributed by atoms with Crippen LogP contribution in [-0.2, 0) is 14.3 Å². The van der Waals surface area contributed by atoms with E-state index in [0.29, 0.717) is 24.6 Å². The number of rotatable bonds is 14. The van der Waals surface area contributed by atoms with Crippen LogP contribution in [0.4, 0.5) is 0 Å². The molecule has 0 radical (unpaired) electrons. The van der Waals surface area contributed by atoms with E-state index < -0.39 is 0 Å². The van der Waals surface area contributed by atoms with E-state index in [-0.39, 0.29) is 12.0 Å². The van der Waals surface area contributed by atoms with Crippen molar-refractivity contribution >= 4 is 23.2 Å². The normalized spacial score (nSPS) is 14.1. The molecule has 1 amide bonds. The summed E-state index contributed by atoms with van der Waals surface area (Å²) in [5.41, 5.74) is 1.69. The molecule has 32 heavy (non-hydrogen) atoms. The molecule has 0 fully saturated rings. The van der Waals surface area contributed by atoms with Crippen molar-refractivity contribution in [2.45, 2.75) is 33.3 Å². The maximum absolute atomic E-state index is 11.9. The van der Waals surface area contributed by atoms with Crippen LogP contribution in [0.25, 0.3) is 0 Å². The summed E-state index contributed by atoms with van der Waals surface area (Å²) in [7, 11) is 3.29. The van der Waals surface area contributed by atoms with Crippen molar-refractivity contribution in [2.24, 2.45) is 0 Å². The third-order valence-corrected chi connectivity index (χ3v) is 4.42. The van der Waals surface area contributed by atoms with Crippen molar-refractivity contribution in [2.75, 3.05) is 27.3 Å². The summed E-state index contributed by atoms with van der Waals surface area (Å²) < 4.78 is 10.6. The first kappa shape index (κ1) is 29.1. The largest absolute Gasteiger partial charge is 0.501 e. The van der Waals surface area contributed by atoms with E-state index in [1.165, 1.54) is 0 Å². The molecule has 7 heteroatoms. The lowest BCUT2D eigenvalue weighted by atomic mass is 10.2. The Kier molecular flexibility index (Phi) is 17.1. The molecule has 0 aliphatic heterocycles. The Morgan fingerprint density at radius 2 is 1.91 bits per heavy atom. The Hall–Kier alpha value is -2.90. The number of carbonyl (C=O) groups excluding carboxylic acids is 1. The number of methoxy groups -OCH3 is 2. The summed E-state index contributed by atoms with van der Waals surface area (Å²) in [6, 6.07) is 0. The Labute approximate surface area is 198 Å². The zero-order valence-electron chi connectivity index (χ0n) is 19.8. The van der Waals surface area contributed by atoms with Gasteiger partial charge in [-0.1, -0.05) is 55.2 Å². The number of ether oxygens (including phenoxy) is 2. The van der Waals surface area contributed by atoms with Crippen LogP contribution in [0.5, 0.6) is 0 Å². The van der Waals surface area contributed by atoms with E-state index in [9.17, 15) is 4.79 Å². The zero-order chi connectivity index (χ0) is 24.2. The van der Waals surface area contributed by atoms with E-state index in [0.717, 1.165) is 17.0 Å². The topological polar surface area (TPSA) is 71.6 Å². The fourth-order valence-corrected chi connectivity index (χ4v) is 2.35. The lowest BCUT2D eigenvalue weighted by molar-refractivity contribution is -0.120. The quantitative estimate of drug-likeness (QED) is 0.205. The molecule has 0 heterocycles. The lowest BCUT2D eigenvalue weighted by Crippen LogP contribution is -2.36. The molecular weight excluding hydrogens is 422 g/mol. The highest BCUT2D eigenvalue weighted by molar-refractivity contribution is 7.80. The van der Waals surface area contributed by atoms with Crippen molar-refractivity contribution in [3.8, 4) is 0 Å². The second kappa shape index (κ2) is 18.8. The van der Waals surface area contributed by atoms with Gasteiger partial charge < -0.3 is 25.4 Å². The van der Waals surface area contributed by atoms with Gasteiger partial charge in [-0.3, -0.25) is 4.79 Å². The molecule has 0 spiro atoms. The standard InChI is InChI=1S/C25H37N3O3S/c1-7-9-11-12-14-24(29)26-18-17-23(13-10-8-2)28-25(32)27-19-22(21(4)31-6)16-15-20(3)30-5/h7-13,15-17,20H,2,14,18-19H2,1,3-6H3,(H,26,29)(H2,27,28,32)/b9-7-,12-11-,13-10-,16-15-,22-21-,23-17+. The molecule has 3 N–H and O–H groups in total. The summed E-state index contributed by atoms with van der Waals surface area (Å²) >= 11 is 5.43. The molecular formula is C25H37N3O3S. The molecule has 0 aromatic heterocycles. The average Bonchev–Trinajstić information content (AvgIpc) is 2.79. The van der Waals surface area contributed by atoms with Crippen LogP contribution >= 0.6 is 12.2 Å². The van der Waals surface area contributed by atoms with Crippen molar-refractivity contribution in [3.63, 3.8) is 0 Å². The Morgan fingerprint density at radius 3 is 2.53 bits per heavy atom. The third-order valence-electron chi connectivity index (χ3n) is 4.17. The fourth-order valence-electron chi connectivity index (χ4n) is 2.16. The first-order chi connectivity index (χ1) is 15.4. The number of hydrogen-bond donors (Lipinski definition) is 3. The van der Waals surface area contributed by atoms with E-state index in [1.807, 2.05) is 69.4 Å². The van der Waals surface area contributed by atoms with Gasteiger partial charge in [0.2, 0.25) is 5.91 Å². The summed E-state index contributed by atoms with van der Waals surface area (Å²) in [6.07, 6.45) is 18.8. The third kappa shape index (κ3) is 15.0. The van der Waals surface area contributed by atoms with E-state index in [2.05, 4.69) is 22.5 Å². The van der Waals surface area contributed by atoms with E-state index in [4.69, 9.17) is 21.7 Å². The van der Waals surface area contributed by atoms with Crippen molar-refractivity contribution in [3.05, 3.63) is 84.4 Å².